The maximum Gasteiger partial charge on any atom is 0.501 e. The van der Waals surface area contributed by atoms with E-state index in [1.54, 1.807) is 0 Å². The average molecular weight is 1060 g/mol. The van der Waals surface area contributed by atoms with Gasteiger partial charge in [0.05, 0.1) is 140 Å². The maximum atomic E-state index is 11.6. The van der Waals surface area contributed by atoms with E-state index in [2.05, 4.69) is 36.8 Å². The third-order valence-electron chi connectivity index (χ3n) is 12.4. The zero-order valence-corrected chi connectivity index (χ0v) is 44.7. The summed E-state index contributed by atoms with van der Waals surface area (Å²) in [5.41, 5.74) is -5.44. The Morgan fingerprint density at radius 2 is 0.750 bits per heavy atom. The Morgan fingerprint density at radius 3 is 1.03 bits per heavy atom. The molecule has 22 nitrogen and oxygen atoms in total. The van der Waals surface area contributed by atoms with Gasteiger partial charge in [-0.3, -0.25) is 4.55 Å². The van der Waals surface area contributed by atoms with Crippen LogP contribution in [-0.2, 0) is 43.6 Å². The van der Waals surface area contributed by atoms with E-state index in [-0.39, 0.29) is 6.04 Å². The molecule has 0 bridgehead atoms. The van der Waals surface area contributed by atoms with Crippen molar-refractivity contribution in [2.45, 2.75) is 146 Å². The van der Waals surface area contributed by atoms with Gasteiger partial charge in [-0.1, -0.05) is 90.9 Å². The zero-order valence-electron chi connectivity index (χ0n) is 41.2. The van der Waals surface area contributed by atoms with Crippen molar-refractivity contribution in [3.05, 3.63) is 0 Å². The lowest BCUT2D eigenvalue weighted by Crippen LogP contribution is -2.64. The van der Waals surface area contributed by atoms with E-state index in [9.17, 15) is 69.6 Å². The van der Waals surface area contributed by atoms with Crippen LogP contribution >= 0.6 is 0 Å². The first-order valence-corrected chi connectivity index (χ1v) is 31.1. The summed E-state index contributed by atoms with van der Waals surface area (Å²) in [5, 5.41) is 71.3. The minimum absolute atomic E-state index is 0.0581. The second-order valence-electron chi connectivity index (χ2n) is 18.8. The van der Waals surface area contributed by atoms with Crippen molar-refractivity contribution in [3.8, 4) is 0 Å². The molecule has 0 aromatic heterocycles. The number of hydrogen-bond donors (Lipinski definition) is 10. The van der Waals surface area contributed by atoms with Gasteiger partial charge in [-0.05, 0) is 25.7 Å². The highest BCUT2D eigenvalue weighted by atomic mass is 32.2. The molecule has 0 saturated heterocycles. The molecule has 0 aliphatic carbocycles. The van der Waals surface area contributed by atoms with Crippen molar-refractivity contribution in [1.82, 2.24) is 16.0 Å². The maximum absolute atomic E-state index is 11.6. The van der Waals surface area contributed by atoms with Crippen molar-refractivity contribution < 1.29 is 87.3 Å². The molecule has 0 aliphatic rings. The van der Waals surface area contributed by atoms with Crippen LogP contribution < -0.4 is 16.0 Å². The van der Waals surface area contributed by atoms with Gasteiger partial charge in [-0.25, -0.2) is 16.8 Å². The number of hydrogen-bond acceptors (Lipinski definition) is 20. The van der Waals surface area contributed by atoms with Crippen LogP contribution in [0.4, 0.5) is 0 Å². The predicted molar refractivity (Wildman–Crippen MR) is 259 cm³/mol. The van der Waals surface area contributed by atoms with Crippen LogP contribution in [0.15, 0.2) is 0 Å². The van der Waals surface area contributed by atoms with Crippen LogP contribution in [0.25, 0.3) is 0 Å². The normalized spacial score (nSPS) is 13.8. The van der Waals surface area contributed by atoms with E-state index in [1.807, 2.05) is 0 Å². The lowest BCUT2D eigenvalue weighted by Gasteiger charge is -2.41. The third kappa shape index (κ3) is 31.8. The first-order chi connectivity index (χ1) is 31.9. The third-order valence-corrected chi connectivity index (χ3v) is 17.2. The Bertz CT molecular complexity index is 1450. The molecular formula is C42H91N4O18S3Si-. The molecule has 0 radical (unpaired) electrons. The summed E-state index contributed by atoms with van der Waals surface area (Å²) in [6, 6.07) is -0.0581. The molecule has 26 heteroatoms. The van der Waals surface area contributed by atoms with E-state index in [4.69, 9.17) is 13.3 Å². The minimum atomic E-state index is -4.74. The summed E-state index contributed by atoms with van der Waals surface area (Å²) in [6.45, 7) is -1.99. The van der Waals surface area contributed by atoms with Crippen LogP contribution in [0.2, 0.25) is 6.04 Å². The molecule has 0 spiro atoms. The molecule has 0 heterocycles. The molecule has 410 valence electrons. The molecule has 0 aliphatic heterocycles. The van der Waals surface area contributed by atoms with Crippen molar-refractivity contribution >= 4 is 39.2 Å². The molecule has 0 aromatic carbocycles. The molecule has 0 amide bonds. The fourth-order valence-electron chi connectivity index (χ4n) is 7.59. The summed E-state index contributed by atoms with van der Waals surface area (Å²) in [4.78, 5) is 0. The molecule has 10 N–H and O–H groups in total. The van der Waals surface area contributed by atoms with Gasteiger partial charge < -0.3 is 73.5 Å². The first kappa shape index (κ1) is 67.4. The highest BCUT2D eigenvalue weighted by Gasteiger charge is 2.48. The van der Waals surface area contributed by atoms with Gasteiger partial charge >= 0.3 is 8.80 Å². The Hall–Kier alpha value is -0.573. The molecule has 0 unspecified atom stereocenters. The van der Waals surface area contributed by atoms with E-state index >= 15 is 0 Å². The number of aliphatic hydroxyl groups is 6. The SMILES string of the molecule is CCCCCCCCCC[N+](C)(CCCCCCCCCC)CCC[Si](OCC(CO)(CO)NCCS(=O)(=O)[O-])(OCC(CO)(CO)NCCS(=O)(=O)[O-])OCC(CO)(CO)NCCS(=O)(=O)O. The molecule has 0 aromatic rings. The average Bonchev–Trinajstić information content (AvgIpc) is 3.28. The number of nitrogens with one attached hydrogen (secondary N) is 3. The highest BCUT2D eigenvalue weighted by Crippen LogP contribution is 2.26. The van der Waals surface area contributed by atoms with Crippen molar-refractivity contribution in [1.29, 1.82) is 0 Å². The number of aliphatic hydroxyl groups excluding tert-OH is 6. The van der Waals surface area contributed by atoms with Crippen LogP contribution in [0.5, 0.6) is 0 Å². The second kappa shape index (κ2) is 35.6. The van der Waals surface area contributed by atoms with Gasteiger partial charge in [0.1, 0.15) is 0 Å². The number of quaternary nitrogens is 1. The quantitative estimate of drug-likeness (QED) is 0.0166. The van der Waals surface area contributed by atoms with E-state index in [1.165, 1.54) is 51.4 Å². The number of rotatable bonds is 49. The first-order valence-electron chi connectivity index (χ1n) is 24.4. The Labute approximate surface area is 409 Å². The molecular weight excluding hydrogens is 973 g/mol. The Morgan fingerprint density at radius 1 is 0.471 bits per heavy atom. The van der Waals surface area contributed by atoms with E-state index in [0.717, 1.165) is 64.5 Å². The summed E-state index contributed by atoms with van der Waals surface area (Å²) in [5.74, 6) is -2.63. The summed E-state index contributed by atoms with van der Waals surface area (Å²) < 4.78 is 121. The molecule has 68 heavy (non-hydrogen) atoms. The Kier molecular flexibility index (Phi) is 35.3. The van der Waals surface area contributed by atoms with Crippen molar-refractivity contribution in [2.75, 3.05) is 123 Å². The van der Waals surface area contributed by atoms with Gasteiger partial charge in [-0.2, -0.15) is 8.42 Å². The van der Waals surface area contributed by atoms with Crippen LogP contribution in [0.1, 0.15) is 123 Å². The number of unbranched alkanes of at least 4 members (excludes halogenated alkanes) is 14. The van der Waals surface area contributed by atoms with Gasteiger partial charge in [0.25, 0.3) is 10.1 Å². The zero-order chi connectivity index (χ0) is 51.7. The van der Waals surface area contributed by atoms with Crippen molar-refractivity contribution in [3.63, 3.8) is 0 Å². The van der Waals surface area contributed by atoms with Gasteiger partial charge in [0.2, 0.25) is 0 Å². The fourth-order valence-corrected chi connectivity index (χ4v) is 11.4. The number of nitrogens with zero attached hydrogens (tertiary/aromatic N) is 1. The summed E-state index contributed by atoms with van der Waals surface area (Å²) in [6.07, 6.45) is 18.5. The van der Waals surface area contributed by atoms with Crippen LogP contribution in [0.3, 0.4) is 0 Å². The lowest BCUT2D eigenvalue weighted by atomic mass is 10.0. The standard InChI is InChI=1S/C42H92N4O18S3Si/c1-4-6-8-10-12-14-16-18-24-46(3,25-19-17-15-13-11-9-7-5-2)26-20-30-68(62-37-40(31-47,32-48)43-21-27-65(53,54)55,63-38-41(33-49,34-50)44-22-28-66(56,57)58)64-39-42(35-51,36-52)45-23-29-67(59,60)61/h43-45,47-52H,4-39H2,1-3H3,(H2-,53,54,55,56,57,58,59,60,61)/p-1. The van der Waals surface area contributed by atoms with Gasteiger partial charge in [0, 0.05) is 32.1 Å². The van der Waals surface area contributed by atoms with E-state index < -0.39 is 152 Å². The van der Waals surface area contributed by atoms with Gasteiger partial charge in [0.15, 0.2) is 0 Å². The highest BCUT2D eigenvalue weighted by molar-refractivity contribution is 7.86. The molecule has 0 saturated carbocycles. The van der Waals surface area contributed by atoms with Crippen molar-refractivity contribution in [2.24, 2.45) is 0 Å². The summed E-state index contributed by atoms with van der Waals surface area (Å²) >= 11 is 0. The topological polar surface area (TPSA) is 354 Å². The minimum Gasteiger partial charge on any atom is -0.748 e. The second-order valence-corrected chi connectivity index (χ2v) is 26.1. The predicted octanol–water partition coefficient (Wildman–Crippen LogP) is 0.0104. The van der Waals surface area contributed by atoms with Crippen LogP contribution in [0, 0.1) is 0 Å². The summed E-state index contributed by atoms with van der Waals surface area (Å²) in [7, 11) is -16.3. The van der Waals surface area contributed by atoms with Crippen LogP contribution in [-0.4, -0.2) is 222 Å². The largest absolute Gasteiger partial charge is 0.748 e. The molecule has 0 rings (SSSR count). The van der Waals surface area contributed by atoms with E-state index in [0.29, 0.717) is 17.4 Å². The monoisotopic (exact) mass is 1060 g/mol. The Balaban J connectivity index is 7.20. The van der Waals surface area contributed by atoms with Gasteiger partial charge in [-0.15, -0.1) is 0 Å². The lowest BCUT2D eigenvalue weighted by molar-refractivity contribution is -0.910. The fraction of sp³-hybridized carbons (Fsp3) is 1.00. The molecule has 0 atom stereocenters. The smallest absolute Gasteiger partial charge is 0.501 e. The molecule has 0 fully saturated rings.